The van der Waals surface area contributed by atoms with Crippen LogP contribution in [0.3, 0.4) is 0 Å². The topological polar surface area (TPSA) is 95.3 Å². The predicted molar refractivity (Wildman–Crippen MR) is 65.4 cm³/mol. The van der Waals surface area contributed by atoms with Crippen molar-refractivity contribution in [3.8, 4) is 0 Å². The van der Waals surface area contributed by atoms with Crippen LogP contribution in [0.1, 0.15) is 36.2 Å². The van der Waals surface area contributed by atoms with Crippen molar-refractivity contribution >= 4 is 11.8 Å². The summed E-state index contributed by atoms with van der Waals surface area (Å²) in [4.78, 5) is 18.6. The maximum absolute atomic E-state index is 10.8. The molecule has 0 amide bonds. The van der Waals surface area contributed by atoms with Gasteiger partial charge in [-0.15, -0.1) is 0 Å². The van der Waals surface area contributed by atoms with E-state index in [9.17, 15) is 9.90 Å². The van der Waals surface area contributed by atoms with Crippen molar-refractivity contribution < 1.29 is 15.0 Å². The van der Waals surface area contributed by atoms with Gasteiger partial charge in [0.15, 0.2) is 5.69 Å². The Morgan fingerprint density at radius 1 is 1.39 bits per heavy atom. The van der Waals surface area contributed by atoms with Crippen molar-refractivity contribution in [2.75, 3.05) is 11.9 Å². The van der Waals surface area contributed by atoms with Crippen molar-refractivity contribution in [2.24, 2.45) is 5.92 Å². The number of rotatable bonds is 4. The summed E-state index contributed by atoms with van der Waals surface area (Å²) in [6.07, 6.45) is 6.92. The molecule has 1 aliphatic carbocycles. The third-order valence-corrected chi connectivity index (χ3v) is 3.33. The lowest BCUT2D eigenvalue weighted by Crippen LogP contribution is -2.34. The summed E-state index contributed by atoms with van der Waals surface area (Å²) in [7, 11) is 0. The van der Waals surface area contributed by atoms with Gasteiger partial charge in [-0.2, -0.15) is 0 Å². The number of nitrogens with zero attached hydrogens (tertiary/aromatic N) is 2. The molecule has 0 radical (unpaired) electrons. The maximum atomic E-state index is 10.8. The minimum Gasteiger partial charge on any atom is -0.476 e. The highest BCUT2D eigenvalue weighted by Gasteiger charge is 2.24. The van der Waals surface area contributed by atoms with Gasteiger partial charge in [0.2, 0.25) is 0 Å². The van der Waals surface area contributed by atoms with E-state index in [1.54, 1.807) is 0 Å². The first-order valence-corrected chi connectivity index (χ1v) is 6.13. The average Bonchev–Trinajstić information content (AvgIpc) is 2.39. The number of anilines is 1. The Labute approximate surface area is 105 Å². The second kappa shape index (κ2) is 5.77. The number of aromatic carboxylic acids is 1. The smallest absolute Gasteiger partial charge is 0.356 e. The summed E-state index contributed by atoms with van der Waals surface area (Å²) in [5.74, 6) is -0.428. The number of carbonyl (C=O) groups is 1. The van der Waals surface area contributed by atoms with Crippen LogP contribution in [0.4, 0.5) is 5.82 Å². The average molecular weight is 251 g/mol. The van der Waals surface area contributed by atoms with Gasteiger partial charge < -0.3 is 15.5 Å². The molecule has 2 unspecified atom stereocenters. The van der Waals surface area contributed by atoms with Gasteiger partial charge in [-0.3, -0.25) is 4.98 Å². The lowest BCUT2D eigenvalue weighted by Gasteiger charge is -2.31. The number of carboxylic acids is 1. The van der Waals surface area contributed by atoms with Crippen molar-refractivity contribution in [1.82, 2.24) is 9.97 Å². The van der Waals surface area contributed by atoms with E-state index in [4.69, 9.17) is 5.11 Å². The number of aliphatic hydroxyl groups is 1. The summed E-state index contributed by atoms with van der Waals surface area (Å²) in [5, 5.41) is 21.3. The van der Waals surface area contributed by atoms with Gasteiger partial charge in [-0.05, 0) is 12.8 Å². The molecule has 1 aromatic rings. The molecule has 1 fully saturated rings. The monoisotopic (exact) mass is 251 g/mol. The molecule has 0 saturated heterocycles. The summed E-state index contributed by atoms with van der Waals surface area (Å²) < 4.78 is 0. The van der Waals surface area contributed by atoms with Gasteiger partial charge in [0, 0.05) is 18.6 Å². The molecule has 6 nitrogen and oxygen atoms in total. The van der Waals surface area contributed by atoms with Crippen LogP contribution in [0.25, 0.3) is 0 Å². The van der Waals surface area contributed by atoms with Gasteiger partial charge >= 0.3 is 5.97 Å². The fourth-order valence-corrected chi connectivity index (χ4v) is 2.34. The van der Waals surface area contributed by atoms with E-state index in [1.807, 2.05) is 0 Å². The fraction of sp³-hybridized carbons (Fsp3) is 0.583. The zero-order chi connectivity index (χ0) is 13.0. The molecule has 0 aliphatic heterocycles. The molecule has 1 heterocycles. The van der Waals surface area contributed by atoms with Crippen LogP contribution in [0.2, 0.25) is 0 Å². The van der Waals surface area contributed by atoms with Gasteiger partial charge in [-0.25, -0.2) is 9.78 Å². The van der Waals surface area contributed by atoms with Crippen molar-refractivity contribution in [3.63, 3.8) is 0 Å². The van der Waals surface area contributed by atoms with E-state index in [2.05, 4.69) is 15.3 Å². The Hall–Kier alpha value is -1.69. The van der Waals surface area contributed by atoms with Crippen LogP contribution >= 0.6 is 0 Å². The van der Waals surface area contributed by atoms with E-state index < -0.39 is 5.97 Å². The highest BCUT2D eigenvalue weighted by molar-refractivity contribution is 5.85. The maximum Gasteiger partial charge on any atom is 0.356 e. The molecule has 98 valence electrons. The number of carboxylic acid groups (broad SMARTS) is 1. The minimum absolute atomic E-state index is 0.0728. The SMILES string of the molecule is O=C(O)c1cncc(NC2CCCCC2CO)n1. The molecule has 3 N–H and O–H groups in total. The first-order valence-electron chi connectivity index (χ1n) is 6.13. The molecule has 0 bridgehead atoms. The van der Waals surface area contributed by atoms with Gasteiger partial charge in [-0.1, -0.05) is 12.8 Å². The van der Waals surface area contributed by atoms with Gasteiger partial charge in [0.1, 0.15) is 5.82 Å². The molecule has 0 spiro atoms. The molecular weight excluding hydrogens is 234 g/mol. The van der Waals surface area contributed by atoms with Crippen LogP contribution < -0.4 is 5.32 Å². The lowest BCUT2D eigenvalue weighted by atomic mass is 9.85. The Morgan fingerprint density at radius 2 is 2.17 bits per heavy atom. The molecule has 18 heavy (non-hydrogen) atoms. The zero-order valence-electron chi connectivity index (χ0n) is 10.0. The number of hydrogen-bond donors (Lipinski definition) is 3. The number of aliphatic hydroxyl groups excluding tert-OH is 1. The Bertz CT molecular complexity index is 425. The van der Waals surface area contributed by atoms with E-state index in [0.29, 0.717) is 5.82 Å². The van der Waals surface area contributed by atoms with Gasteiger partial charge in [0.25, 0.3) is 0 Å². The molecule has 1 aromatic heterocycles. The summed E-state index contributed by atoms with van der Waals surface area (Å²) in [6, 6.07) is 0.141. The van der Waals surface area contributed by atoms with Crippen LogP contribution in [0.5, 0.6) is 0 Å². The summed E-state index contributed by atoms with van der Waals surface area (Å²) >= 11 is 0. The molecular formula is C12H17N3O3. The van der Waals surface area contributed by atoms with E-state index >= 15 is 0 Å². The normalized spacial score (nSPS) is 23.6. The summed E-state index contributed by atoms with van der Waals surface area (Å²) in [5.41, 5.74) is -0.0728. The number of aromatic nitrogens is 2. The molecule has 2 atom stereocenters. The minimum atomic E-state index is -1.09. The Balaban J connectivity index is 2.07. The zero-order valence-corrected chi connectivity index (χ0v) is 10.0. The predicted octanol–water partition coefficient (Wildman–Crippen LogP) is 1.14. The van der Waals surface area contributed by atoms with Gasteiger partial charge in [0.05, 0.1) is 12.4 Å². The molecule has 6 heteroatoms. The van der Waals surface area contributed by atoms with E-state index in [-0.39, 0.29) is 24.3 Å². The first kappa shape index (κ1) is 12.8. The van der Waals surface area contributed by atoms with Crippen LogP contribution in [0, 0.1) is 5.92 Å². The molecule has 2 rings (SSSR count). The number of nitrogens with one attached hydrogen (secondary N) is 1. The number of hydrogen-bond acceptors (Lipinski definition) is 5. The molecule has 0 aromatic carbocycles. The van der Waals surface area contributed by atoms with E-state index in [1.165, 1.54) is 12.4 Å². The van der Waals surface area contributed by atoms with Crippen LogP contribution in [0.15, 0.2) is 12.4 Å². The third-order valence-electron chi connectivity index (χ3n) is 3.33. The fourth-order valence-electron chi connectivity index (χ4n) is 2.34. The van der Waals surface area contributed by atoms with Crippen LogP contribution in [-0.2, 0) is 0 Å². The standard InChI is InChI=1S/C12H17N3O3/c16-7-8-3-1-2-4-9(8)14-11-6-13-5-10(15-11)12(17)18/h5-6,8-9,16H,1-4,7H2,(H,14,15)(H,17,18). The largest absolute Gasteiger partial charge is 0.476 e. The second-order valence-electron chi connectivity index (χ2n) is 4.57. The second-order valence-corrected chi connectivity index (χ2v) is 4.57. The first-order chi connectivity index (χ1) is 8.70. The Kier molecular flexibility index (Phi) is 4.09. The highest BCUT2D eigenvalue weighted by atomic mass is 16.4. The third kappa shape index (κ3) is 2.95. The summed E-state index contributed by atoms with van der Waals surface area (Å²) in [6.45, 7) is 0.143. The Morgan fingerprint density at radius 3 is 2.89 bits per heavy atom. The molecule has 1 aliphatic rings. The van der Waals surface area contributed by atoms with E-state index in [0.717, 1.165) is 25.7 Å². The quantitative estimate of drug-likeness (QED) is 0.742. The molecule has 1 saturated carbocycles. The van der Waals surface area contributed by atoms with Crippen LogP contribution in [-0.4, -0.2) is 38.8 Å². The highest BCUT2D eigenvalue weighted by Crippen LogP contribution is 2.26. The van der Waals surface area contributed by atoms with Crippen molar-refractivity contribution in [2.45, 2.75) is 31.7 Å². The van der Waals surface area contributed by atoms with Crippen molar-refractivity contribution in [1.29, 1.82) is 0 Å². The van der Waals surface area contributed by atoms with Crippen molar-refractivity contribution in [3.05, 3.63) is 18.1 Å². The lowest BCUT2D eigenvalue weighted by molar-refractivity contribution is 0.0690.